The molecular weight excluding hydrogens is 202 g/mol. The summed E-state index contributed by atoms with van der Waals surface area (Å²) in [4.78, 5) is 8.55. The predicted molar refractivity (Wildman–Crippen MR) is 67.6 cm³/mol. The minimum absolute atomic E-state index is 0.196. The van der Waals surface area contributed by atoms with Gasteiger partial charge in [0.2, 0.25) is 0 Å². The second-order valence-electron chi connectivity index (χ2n) is 3.64. The fraction of sp³-hybridized carbons (Fsp3) is 0.455. The number of anilines is 2. The number of nitrogens with two attached hydrogens (primary N) is 1. The van der Waals surface area contributed by atoms with Crippen LogP contribution >= 0.6 is 0 Å². The summed E-state index contributed by atoms with van der Waals surface area (Å²) >= 11 is 0. The summed E-state index contributed by atoms with van der Waals surface area (Å²) in [6, 6.07) is 2.06. The zero-order valence-electron chi connectivity index (χ0n) is 9.83. The van der Waals surface area contributed by atoms with Gasteiger partial charge in [0.15, 0.2) is 0 Å². The van der Waals surface area contributed by atoms with Crippen molar-refractivity contribution >= 4 is 11.6 Å². The van der Waals surface area contributed by atoms with Crippen LogP contribution in [0, 0.1) is 6.92 Å². The first-order valence-corrected chi connectivity index (χ1v) is 5.32. The standard InChI is InChI=1S/C11H19N5/c1-4-5-13-10-6-11(14-8(2)7-12)16-9(3)15-10/h4,6,8H,1,5,7,12H2,2-3H3,(H2,13,14,15,16). The third kappa shape index (κ3) is 3.86. The zero-order chi connectivity index (χ0) is 12.0. The number of aromatic nitrogens is 2. The Hall–Kier alpha value is -1.62. The quantitative estimate of drug-likeness (QED) is 0.628. The van der Waals surface area contributed by atoms with Crippen LogP contribution in [0.3, 0.4) is 0 Å². The highest BCUT2D eigenvalue weighted by Crippen LogP contribution is 2.11. The fourth-order valence-electron chi connectivity index (χ4n) is 1.22. The molecule has 0 spiro atoms. The van der Waals surface area contributed by atoms with Gasteiger partial charge < -0.3 is 16.4 Å². The Bertz CT molecular complexity index is 350. The Morgan fingerprint density at radius 1 is 1.50 bits per heavy atom. The average molecular weight is 221 g/mol. The van der Waals surface area contributed by atoms with E-state index in [1.54, 1.807) is 6.08 Å². The average Bonchev–Trinajstić information content (AvgIpc) is 2.25. The smallest absolute Gasteiger partial charge is 0.132 e. The molecule has 0 fully saturated rings. The Labute approximate surface area is 96.2 Å². The molecule has 0 saturated carbocycles. The minimum atomic E-state index is 0.196. The van der Waals surface area contributed by atoms with Gasteiger partial charge in [-0.2, -0.15) is 0 Å². The lowest BCUT2D eigenvalue weighted by atomic mass is 10.3. The van der Waals surface area contributed by atoms with E-state index in [4.69, 9.17) is 5.73 Å². The first-order valence-electron chi connectivity index (χ1n) is 5.32. The van der Waals surface area contributed by atoms with Gasteiger partial charge in [-0.3, -0.25) is 0 Å². The molecule has 5 heteroatoms. The maximum atomic E-state index is 5.54. The van der Waals surface area contributed by atoms with E-state index in [-0.39, 0.29) is 6.04 Å². The molecule has 1 unspecified atom stereocenters. The van der Waals surface area contributed by atoms with Crippen molar-refractivity contribution in [3.05, 3.63) is 24.5 Å². The number of rotatable bonds is 6. The largest absolute Gasteiger partial charge is 0.366 e. The molecule has 5 nitrogen and oxygen atoms in total. The third-order valence-electron chi connectivity index (χ3n) is 2.01. The first-order chi connectivity index (χ1) is 7.65. The van der Waals surface area contributed by atoms with Gasteiger partial charge in [0.1, 0.15) is 17.5 Å². The van der Waals surface area contributed by atoms with Crippen LogP contribution in [0.5, 0.6) is 0 Å². The fourth-order valence-corrected chi connectivity index (χ4v) is 1.22. The summed E-state index contributed by atoms with van der Waals surface area (Å²) in [5.41, 5.74) is 5.54. The van der Waals surface area contributed by atoms with Gasteiger partial charge in [0, 0.05) is 25.2 Å². The Morgan fingerprint density at radius 3 is 2.81 bits per heavy atom. The molecule has 0 aliphatic rings. The molecule has 0 saturated heterocycles. The van der Waals surface area contributed by atoms with Crippen LogP contribution in [-0.4, -0.2) is 29.1 Å². The number of aryl methyl sites for hydroxylation is 1. The van der Waals surface area contributed by atoms with Gasteiger partial charge in [0.25, 0.3) is 0 Å². The highest BCUT2D eigenvalue weighted by molar-refractivity contribution is 5.48. The van der Waals surface area contributed by atoms with Crippen molar-refractivity contribution in [3.63, 3.8) is 0 Å². The molecule has 1 heterocycles. The van der Waals surface area contributed by atoms with Crippen molar-refractivity contribution in [2.75, 3.05) is 23.7 Å². The van der Waals surface area contributed by atoms with Crippen molar-refractivity contribution < 1.29 is 0 Å². The van der Waals surface area contributed by atoms with Crippen molar-refractivity contribution in [2.45, 2.75) is 19.9 Å². The van der Waals surface area contributed by atoms with E-state index in [0.717, 1.165) is 17.5 Å². The molecule has 0 bridgehead atoms. The predicted octanol–water partition coefficient (Wildman–Crippen LogP) is 1.14. The molecule has 1 rings (SSSR count). The number of nitrogens with zero attached hydrogens (tertiary/aromatic N) is 2. The Kier molecular flexibility index (Phi) is 4.72. The van der Waals surface area contributed by atoms with Crippen molar-refractivity contribution in [1.82, 2.24) is 9.97 Å². The van der Waals surface area contributed by atoms with E-state index in [1.807, 2.05) is 19.9 Å². The third-order valence-corrected chi connectivity index (χ3v) is 2.01. The van der Waals surface area contributed by atoms with Crippen LogP contribution in [0.4, 0.5) is 11.6 Å². The summed E-state index contributed by atoms with van der Waals surface area (Å²) in [6.45, 7) is 8.76. The molecular formula is C11H19N5. The van der Waals surface area contributed by atoms with Gasteiger partial charge in [-0.15, -0.1) is 6.58 Å². The normalized spacial score (nSPS) is 11.9. The lowest BCUT2D eigenvalue weighted by Gasteiger charge is -2.13. The summed E-state index contributed by atoms with van der Waals surface area (Å²) < 4.78 is 0. The molecule has 0 amide bonds. The van der Waals surface area contributed by atoms with Crippen molar-refractivity contribution in [3.8, 4) is 0 Å². The maximum Gasteiger partial charge on any atom is 0.132 e. The van der Waals surface area contributed by atoms with Gasteiger partial charge >= 0.3 is 0 Å². The number of nitrogens with one attached hydrogen (secondary N) is 2. The minimum Gasteiger partial charge on any atom is -0.366 e. The van der Waals surface area contributed by atoms with Crippen LogP contribution in [0.2, 0.25) is 0 Å². The number of hydrogen-bond acceptors (Lipinski definition) is 5. The first kappa shape index (κ1) is 12.4. The molecule has 0 aromatic carbocycles. The van der Waals surface area contributed by atoms with Gasteiger partial charge in [0.05, 0.1) is 0 Å². The van der Waals surface area contributed by atoms with E-state index >= 15 is 0 Å². The lowest BCUT2D eigenvalue weighted by molar-refractivity contribution is 0.795. The summed E-state index contributed by atoms with van der Waals surface area (Å²) in [5, 5.41) is 6.33. The molecule has 1 aromatic rings. The molecule has 0 radical (unpaired) electrons. The van der Waals surface area contributed by atoms with E-state index in [9.17, 15) is 0 Å². The zero-order valence-corrected chi connectivity index (χ0v) is 9.83. The number of hydrogen-bond donors (Lipinski definition) is 3. The van der Waals surface area contributed by atoms with Crippen LogP contribution in [0.15, 0.2) is 18.7 Å². The van der Waals surface area contributed by atoms with Crippen LogP contribution in [0.1, 0.15) is 12.7 Å². The highest BCUT2D eigenvalue weighted by Gasteiger charge is 2.03. The summed E-state index contributed by atoms with van der Waals surface area (Å²) in [6.07, 6.45) is 1.78. The van der Waals surface area contributed by atoms with Gasteiger partial charge in [-0.1, -0.05) is 6.08 Å². The van der Waals surface area contributed by atoms with Crippen LogP contribution in [0.25, 0.3) is 0 Å². The van der Waals surface area contributed by atoms with Gasteiger partial charge in [-0.25, -0.2) is 9.97 Å². The molecule has 1 aromatic heterocycles. The van der Waals surface area contributed by atoms with Crippen LogP contribution < -0.4 is 16.4 Å². The second kappa shape index (κ2) is 6.07. The highest BCUT2D eigenvalue weighted by atomic mass is 15.1. The van der Waals surface area contributed by atoms with Crippen molar-refractivity contribution in [2.24, 2.45) is 5.73 Å². The molecule has 16 heavy (non-hydrogen) atoms. The Morgan fingerprint density at radius 2 is 2.19 bits per heavy atom. The molecule has 1 atom stereocenters. The summed E-state index contributed by atoms with van der Waals surface area (Å²) in [7, 11) is 0. The van der Waals surface area contributed by atoms with E-state index in [1.165, 1.54) is 0 Å². The summed E-state index contributed by atoms with van der Waals surface area (Å²) in [5.74, 6) is 2.30. The van der Waals surface area contributed by atoms with E-state index in [0.29, 0.717) is 13.1 Å². The molecule has 88 valence electrons. The SMILES string of the molecule is C=CCNc1cc(NC(C)CN)nc(C)n1. The van der Waals surface area contributed by atoms with E-state index < -0.39 is 0 Å². The topological polar surface area (TPSA) is 75.9 Å². The van der Waals surface area contributed by atoms with E-state index in [2.05, 4.69) is 27.2 Å². The monoisotopic (exact) mass is 221 g/mol. The van der Waals surface area contributed by atoms with Crippen molar-refractivity contribution in [1.29, 1.82) is 0 Å². The maximum absolute atomic E-state index is 5.54. The van der Waals surface area contributed by atoms with Gasteiger partial charge in [-0.05, 0) is 13.8 Å². The molecule has 0 aliphatic carbocycles. The second-order valence-corrected chi connectivity index (χ2v) is 3.64. The molecule has 0 aliphatic heterocycles. The molecule has 4 N–H and O–H groups in total. The van der Waals surface area contributed by atoms with Crippen LogP contribution in [-0.2, 0) is 0 Å². The Balaban J connectivity index is 2.76. The lowest BCUT2D eigenvalue weighted by Crippen LogP contribution is -2.25.